The lowest BCUT2D eigenvalue weighted by Crippen LogP contribution is -2.41. The fourth-order valence-corrected chi connectivity index (χ4v) is 1.46. The number of ether oxygens (including phenoxy) is 2. The van der Waals surface area contributed by atoms with Gasteiger partial charge in [0.05, 0.1) is 6.54 Å². The van der Waals surface area contributed by atoms with Gasteiger partial charge in [-0.05, 0) is 38.1 Å². The molecule has 0 atom stereocenters. The van der Waals surface area contributed by atoms with Crippen molar-refractivity contribution in [3.05, 3.63) is 30.1 Å². The zero-order valence-corrected chi connectivity index (χ0v) is 12.9. The maximum Gasteiger partial charge on any atom is 0.344 e. The van der Waals surface area contributed by atoms with E-state index in [1.54, 1.807) is 13.8 Å². The van der Waals surface area contributed by atoms with Gasteiger partial charge in [-0.3, -0.25) is 9.59 Å². The summed E-state index contributed by atoms with van der Waals surface area (Å²) in [5, 5.41) is 4.91. The van der Waals surface area contributed by atoms with Crippen LogP contribution in [0.2, 0.25) is 0 Å². The van der Waals surface area contributed by atoms with Crippen LogP contribution in [0, 0.1) is 5.82 Å². The van der Waals surface area contributed by atoms with Gasteiger partial charge in [0.25, 0.3) is 5.91 Å². The largest absolute Gasteiger partial charge is 0.482 e. The molecule has 0 bridgehead atoms. The van der Waals surface area contributed by atoms with Crippen molar-refractivity contribution in [2.24, 2.45) is 0 Å². The summed E-state index contributed by atoms with van der Waals surface area (Å²) in [6, 6.07) is 5.08. The third-order valence-corrected chi connectivity index (χ3v) is 2.43. The van der Waals surface area contributed by atoms with E-state index in [4.69, 9.17) is 4.74 Å². The molecule has 0 aromatic heterocycles. The van der Waals surface area contributed by atoms with Crippen molar-refractivity contribution in [2.75, 3.05) is 19.8 Å². The van der Waals surface area contributed by atoms with Crippen LogP contribution in [0.4, 0.5) is 4.39 Å². The van der Waals surface area contributed by atoms with E-state index in [0.29, 0.717) is 5.75 Å². The summed E-state index contributed by atoms with van der Waals surface area (Å²) in [5.74, 6) is -1.80. The second-order valence-electron chi connectivity index (χ2n) is 4.90. The Labute approximate surface area is 133 Å². The number of benzene rings is 1. The minimum atomic E-state index is -0.754. The number of rotatable bonds is 8. The molecule has 0 spiro atoms. The Bertz CT molecular complexity index is 545. The van der Waals surface area contributed by atoms with Gasteiger partial charge >= 0.3 is 5.97 Å². The van der Waals surface area contributed by atoms with Gasteiger partial charge in [-0.2, -0.15) is 0 Å². The molecule has 2 amide bonds. The molecule has 1 rings (SSSR count). The van der Waals surface area contributed by atoms with Crippen LogP contribution in [0.1, 0.15) is 13.8 Å². The standard InChI is InChI=1S/C15H19FN2O5/c1-10(2)18-13(19)7-17-14(20)8-23-15(21)9-22-12-5-3-11(16)4-6-12/h3-6,10H,7-9H2,1-2H3,(H,17,20)(H,18,19). The summed E-state index contributed by atoms with van der Waals surface area (Å²) in [6.07, 6.45) is 0. The number of hydrogen-bond acceptors (Lipinski definition) is 5. The van der Waals surface area contributed by atoms with Crippen molar-refractivity contribution in [2.45, 2.75) is 19.9 Å². The van der Waals surface area contributed by atoms with Crippen molar-refractivity contribution in [1.82, 2.24) is 10.6 Å². The highest BCUT2D eigenvalue weighted by Crippen LogP contribution is 2.10. The van der Waals surface area contributed by atoms with Gasteiger partial charge in [0, 0.05) is 6.04 Å². The lowest BCUT2D eigenvalue weighted by Gasteiger charge is -2.10. The average Bonchev–Trinajstić information content (AvgIpc) is 2.49. The second-order valence-corrected chi connectivity index (χ2v) is 4.90. The third-order valence-electron chi connectivity index (χ3n) is 2.43. The maximum absolute atomic E-state index is 12.7. The molecule has 0 unspecified atom stereocenters. The van der Waals surface area contributed by atoms with Crippen molar-refractivity contribution >= 4 is 17.8 Å². The number of hydrogen-bond donors (Lipinski definition) is 2. The molecule has 0 saturated heterocycles. The molecular formula is C15H19FN2O5. The first-order valence-corrected chi connectivity index (χ1v) is 6.97. The number of carbonyl (C=O) groups is 3. The fraction of sp³-hybridized carbons (Fsp3) is 0.400. The summed E-state index contributed by atoms with van der Waals surface area (Å²) >= 11 is 0. The predicted molar refractivity (Wildman–Crippen MR) is 79.1 cm³/mol. The number of carbonyl (C=O) groups excluding carboxylic acids is 3. The van der Waals surface area contributed by atoms with Gasteiger partial charge < -0.3 is 20.1 Å². The van der Waals surface area contributed by atoms with Crippen molar-refractivity contribution in [3.8, 4) is 5.75 Å². The SMILES string of the molecule is CC(C)NC(=O)CNC(=O)COC(=O)COc1ccc(F)cc1. The maximum atomic E-state index is 12.7. The van der Waals surface area contributed by atoms with Crippen LogP contribution >= 0.6 is 0 Å². The predicted octanol–water partition coefficient (Wildman–Crippen LogP) is 0.389. The summed E-state index contributed by atoms with van der Waals surface area (Å²) < 4.78 is 22.4. The lowest BCUT2D eigenvalue weighted by atomic mass is 10.3. The molecule has 2 N–H and O–H groups in total. The number of halogens is 1. The molecule has 8 heteroatoms. The van der Waals surface area contributed by atoms with Crippen molar-refractivity contribution in [1.29, 1.82) is 0 Å². The Kier molecular flexibility index (Phi) is 7.52. The zero-order chi connectivity index (χ0) is 17.2. The van der Waals surface area contributed by atoms with Crippen LogP contribution in [0.25, 0.3) is 0 Å². The molecule has 0 saturated carbocycles. The molecule has 0 fully saturated rings. The van der Waals surface area contributed by atoms with Gasteiger partial charge in [-0.15, -0.1) is 0 Å². The van der Waals surface area contributed by atoms with E-state index in [9.17, 15) is 18.8 Å². The molecule has 23 heavy (non-hydrogen) atoms. The van der Waals surface area contributed by atoms with Gasteiger partial charge in [0.15, 0.2) is 13.2 Å². The van der Waals surface area contributed by atoms with Crippen molar-refractivity contribution < 1.29 is 28.2 Å². The zero-order valence-electron chi connectivity index (χ0n) is 12.9. The normalized spacial score (nSPS) is 10.1. The highest BCUT2D eigenvalue weighted by molar-refractivity contribution is 5.86. The molecule has 0 heterocycles. The Morgan fingerprint density at radius 2 is 1.74 bits per heavy atom. The van der Waals surface area contributed by atoms with E-state index in [1.165, 1.54) is 24.3 Å². The van der Waals surface area contributed by atoms with Crippen LogP contribution in [0.3, 0.4) is 0 Å². The van der Waals surface area contributed by atoms with Gasteiger partial charge in [-0.25, -0.2) is 9.18 Å². The van der Waals surface area contributed by atoms with Crippen LogP contribution in [-0.4, -0.2) is 43.6 Å². The first-order valence-electron chi connectivity index (χ1n) is 6.97. The first-order chi connectivity index (χ1) is 10.9. The van der Waals surface area contributed by atoms with E-state index < -0.39 is 30.9 Å². The summed E-state index contributed by atoms with van der Waals surface area (Å²) in [5.41, 5.74) is 0. The number of esters is 1. The minimum Gasteiger partial charge on any atom is -0.482 e. The first kappa shape index (κ1) is 18.4. The third kappa shape index (κ3) is 8.40. The molecule has 0 aliphatic carbocycles. The average molecular weight is 326 g/mol. The molecule has 126 valence electrons. The quantitative estimate of drug-likeness (QED) is 0.674. The Balaban J connectivity index is 2.18. The van der Waals surface area contributed by atoms with Crippen LogP contribution in [-0.2, 0) is 19.1 Å². The van der Waals surface area contributed by atoms with E-state index in [2.05, 4.69) is 15.4 Å². The molecule has 1 aromatic rings. The fourth-order valence-electron chi connectivity index (χ4n) is 1.46. The Morgan fingerprint density at radius 3 is 2.35 bits per heavy atom. The minimum absolute atomic E-state index is 0.0270. The highest BCUT2D eigenvalue weighted by Gasteiger charge is 2.10. The van der Waals surface area contributed by atoms with E-state index in [-0.39, 0.29) is 18.5 Å². The molecule has 7 nitrogen and oxygen atoms in total. The highest BCUT2D eigenvalue weighted by atomic mass is 19.1. The van der Waals surface area contributed by atoms with E-state index >= 15 is 0 Å². The molecular weight excluding hydrogens is 307 g/mol. The monoisotopic (exact) mass is 326 g/mol. The van der Waals surface area contributed by atoms with Crippen molar-refractivity contribution in [3.63, 3.8) is 0 Å². The van der Waals surface area contributed by atoms with E-state index in [0.717, 1.165) is 0 Å². The number of amides is 2. The molecule has 0 aliphatic heterocycles. The molecule has 0 radical (unpaired) electrons. The lowest BCUT2D eigenvalue weighted by molar-refractivity contribution is -0.150. The van der Waals surface area contributed by atoms with Crippen LogP contribution in [0.15, 0.2) is 24.3 Å². The van der Waals surface area contributed by atoms with Gasteiger partial charge in [0.2, 0.25) is 5.91 Å². The van der Waals surface area contributed by atoms with Crippen LogP contribution in [0.5, 0.6) is 5.75 Å². The van der Waals surface area contributed by atoms with E-state index in [1.807, 2.05) is 0 Å². The topological polar surface area (TPSA) is 93.7 Å². The Hall–Kier alpha value is -2.64. The Morgan fingerprint density at radius 1 is 1.09 bits per heavy atom. The molecule has 0 aliphatic rings. The molecule has 1 aromatic carbocycles. The summed E-state index contributed by atoms with van der Waals surface area (Å²) in [6.45, 7) is 2.47. The second kappa shape index (κ2) is 9.39. The summed E-state index contributed by atoms with van der Waals surface area (Å²) in [7, 11) is 0. The van der Waals surface area contributed by atoms with Gasteiger partial charge in [-0.1, -0.05) is 0 Å². The van der Waals surface area contributed by atoms with Gasteiger partial charge in [0.1, 0.15) is 11.6 Å². The number of nitrogens with one attached hydrogen (secondary N) is 2. The smallest absolute Gasteiger partial charge is 0.344 e. The van der Waals surface area contributed by atoms with Crippen LogP contribution < -0.4 is 15.4 Å². The summed E-state index contributed by atoms with van der Waals surface area (Å²) in [4.78, 5) is 34.1.